The van der Waals surface area contributed by atoms with Crippen LogP contribution in [0.5, 0.6) is 0 Å². The van der Waals surface area contributed by atoms with Crippen LogP contribution in [-0.2, 0) is 68.4 Å². The summed E-state index contributed by atoms with van der Waals surface area (Å²) >= 11 is 0. The number of ether oxygens (including phenoxy) is 3. The number of carbonyl (C=O) groups is 9. The molecule has 15 rings (SSSR count). The van der Waals surface area contributed by atoms with Crippen molar-refractivity contribution in [3.8, 4) is 17.1 Å². The third-order valence-electron chi connectivity index (χ3n) is 18.9. The van der Waals surface area contributed by atoms with Crippen molar-refractivity contribution in [3.05, 3.63) is 106 Å². The van der Waals surface area contributed by atoms with E-state index in [-0.39, 0.29) is 89.8 Å². The third kappa shape index (κ3) is 10.1. The Balaban J connectivity index is 0.000000133. The molecule has 0 aliphatic carbocycles. The van der Waals surface area contributed by atoms with Crippen molar-refractivity contribution in [2.45, 2.75) is 129 Å². The Morgan fingerprint density at radius 1 is 0.469 bits per heavy atom. The maximum Gasteiger partial charge on any atom is 0.434 e. The van der Waals surface area contributed by atoms with Crippen molar-refractivity contribution in [2.75, 3.05) is 34.3 Å². The number of fused-ring (bicyclic) bond motifs is 12. The van der Waals surface area contributed by atoms with Crippen LogP contribution in [0.1, 0.15) is 69.6 Å². The molecule has 98 heavy (non-hydrogen) atoms. The number of anilines is 3. The molecule has 6 aromatic rings. The number of barbiturate groups is 3. The molecule has 12 amide bonds. The van der Waals surface area contributed by atoms with Gasteiger partial charge in [-0.2, -0.15) is 17.9 Å². The van der Waals surface area contributed by atoms with Gasteiger partial charge in [-0.25, -0.2) is 50.4 Å². The van der Waals surface area contributed by atoms with E-state index in [4.69, 9.17) is 14.2 Å². The second-order valence-corrected chi connectivity index (χ2v) is 25.2. The summed E-state index contributed by atoms with van der Waals surface area (Å²) in [5.41, 5.74) is -7.23. The summed E-state index contributed by atoms with van der Waals surface area (Å²) in [6.45, 7) is 11.9. The van der Waals surface area contributed by atoms with Crippen LogP contribution in [0.25, 0.3) is 17.1 Å². The molecule has 30 nitrogen and oxygen atoms in total. The summed E-state index contributed by atoms with van der Waals surface area (Å²) in [5.74, 6) is -12.5. The maximum atomic E-state index is 15.5. The summed E-state index contributed by atoms with van der Waals surface area (Å²) in [6, 6.07) is -2.14. The minimum atomic E-state index is -4.81. The van der Waals surface area contributed by atoms with Gasteiger partial charge in [0.15, 0.2) is 56.8 Å². The molecule has 0 bridgehead atoms. The molecule has 6 saturated heterocycles. The lowest BCUT2D eigenvalue weighted by Gasteiger charge is -2.55. The number of morpholine rings is 3. The highest BCUT2D eigenvalue weighted by Gasteiger charge is 2.67. The molecule has 12 heterocycles. The van der Waals surface area contributed by atoms with Crippen LogP contribution >= 0.6 is 0 Å². The molecule has 0 unspecified atom stereocenters. The van der Waals surface area contributed by atoms with Gasteiger partial charge in [0.2, 0.25) is 35.4 Å². The van der Waals surface area contributed by atoms with Crippen molar-refractivity contribution in [3.63, 3.8) is 0 Å². The number of nitrogens with zero attached hydrogens (tertiary/aromatic N) is 12. The molecule has 516 valence electrons. The summed E-state index contributed by atoms with van der Waals surface area (Å²) in [4.78, 5) is 121. The molecule has 3 spiro atoms. The predicted octanol–water partition coefficient (Wildman–Crippen LogP) is 2.64. The first-order valence-electron chi connectivity index (χ1n) is 30.2. The lowest BCUT2D eigenvalue weighted by atomic mass is 9.66. The minimum absolute atomic E-state index is 0.00152. The van der Waals surface area contributed by atoms with Gasteiger partial charge in [0.1, 0.15) is 17.7 Å². The summed E-state index contributed by atoms with van der Waals surface area (Å²) in [7, 11) is 0. The van der Waals surface area contributed by atoms with Crippen molar-refractivity contribution in [1.82, 2.24) is 76.7 Å². The zero-order valence-electron chi connectivity index (χ0n) is 52.1. The number of hydrogen-bond donors (Lipinski definition) is 6. The van der Waals surface area contributed by atoms with Crippen LogP contribution in [0, 0.1) is 58.1 Å². The Morgan fingerprint density at radius 3 is 1.13 bits per heavy atom. The number of amides is 12. The van der Waals surface area contributed by atoms with E-state index >= 15 is 22.0 Å². The van der Waals surface area contributed by atoms with Crippen molar-refractivity contribution < 1.29 is 96.9 Å². The SMILES string of the molecule is C[C@@H]1CN2c3c(cc(-n4cnc(C(F)(F)F)c4)c(F)c3F)CC3(C(=O)NC(=O)NC3=O)[C@H]2[C@H](C)O1.C[C@@H]1CN2c3c(cc(-n4cnnn4)c(F)c3F)CC3(C(=O)NC(=O)NC3=O)[C@H]2[C@H](C)O1.Cc1cn(-c2cc3c(c(F)c2F)N2C[C@@H](C)O[C@@H](C)[C@@H]2C2(C3)C(=O)NC(=O)NC2=O)nn1. The fraction of sp³-hybridized carbons (Fsp3) is 0.441. The Bertz CT molecular complexity index is 4390. The number of imide groups is 6. The van der Waals surface area contributed by atoms with E-state index in [1.54, 1.807) is 48.5 Å². The standard InChI is InChI=1S/C21H18F5N5O4.C20H20F2N6O4.C18H17F2N7O4/c1-8-5-31-15-10(3-11(13(22)14(15)23)30-6-12(27-7-30)21(24,25)26)4-20(16(31)9(2)35-8)17(32)28-19(34)29-18(20)33;1-8-6-28(26-25-8)12-4-11-5-20(17(29)23-19(31)24-18(20)30)16-10(3)32-9(2)7-27(16)15(11)14(22)13(12)21;1-7-5-26-13-9(3-10(11(19)12(13)20)27-6-21-24-25-27)4-18(14(26)8(2)31-7)15(28)22-17(30)23-16(18)29/h3,6-9,16H,4-5H2,1-2H3,(H2,28,29,32,33,34);4,6,9-10,16H,5,7H2,1-3H3,(H2,23,24,29,30,31);3,6-8,14H,4-5H2,1-2H3,(H2,22,23,28,29,30)/t8-,9+,16-;9-,10+,16-;7-,8+,14-/m111/s1. The molecule has 3 aromatic heterocycles. The average Bonchev–Trinajstić information content (AvgIpc) is 0.746. The third-order valence-corrected chi connectivity index (χ3v) is 18.9. The molecule has 39 heteroatoms. The number of carbonyl (C=O) groups excluding carboxylic acids is 9. The van der Waals surface area contributed by atoms with E-state index in [2.05, 4.69) is 62.7 Å². The van der Waals surface area contributed by atoms with E-state index < -0.39 is 171 Å². The molecule has 0 saturated carbocycles. The molecule has 6 N–H and O–H groups in total. The fourth-order valence-electron chi connectivity index (χ4n) is 15.4. The molecular weight excluding hydrogens is 1320 g/mol. The van der Waals surface area contributed by atoms with Crippen LogP contribution in [0.4, 0.5) is 71.0 Å². The van der Waals surface area contributed by atoms with Gasteiger partial charge in [0, 0.05) is 45.1 Å². The number of nitrogens with one attached hydrogen (secondary N) is 6. The second kappa shape index (κ2) is 23.4. The van der Waals surface area contributed by atoms with Gasteiger partial charge in [-0.15, -0.1) is 10.2 Å². The van der Waals surface area contributed by atoms with Gasteiger partial charge in [0.25, 0.3) is 0 Å². The zero-order chi connectivity index (χ0) is 70.5. The van der Waals surface area contributed by atoms with E-state index in [1.807, 2.05) is 0 Å². The van der Waals surface area contributed by atoms with Gasteiger partial charge >= 0.3 is 24.3 Å². The Hall–Kier alpha value is -10.4. The number of halogens is 9. The normalized spacial score (nSPS) is 26.3. The van der Waals surface area contributed by atoms with E-state index in [0.717, 1.165) is 21.8 Å². The van der Waals surface area contributed by atoms with E-state index in [9.17, 15) is 60.7 Å². The predicted molar refractivity (Wildman–Crippen MR) is 310 cm³/mol. The lowest BCUT2D eigenvalue weighted by Crippen LogP contribution is -2.75. The first kappa shape index (κ1) is 66.2. The smallest absolute Gasteiger partial charge is 0.372 e. The monoisotopic (exact) mass is 1380 g/mol. The van der Waals surface area contributed by atoms with Crippen LogP contribution in [0.2, 0.25) is 0 Å². The topological polar surface area (TPSA) is 355 Å². The first-order valence-corrected chi connectivity index (χ1v) is 30.2. The van der Waals surface area contributed by atoms with Crippen molar-refractivity contribution in [2.24, 2.45) is 16.2 Å². The van der Waals surface area contributed by atoms with Gasteiger partial charge in [-0.1, -0.05) is 5.21 Å². The number of alkyl halides is 3. The maximum absolute atomic E-state index is 15.5. The second-order valence-electron chi connectivity index (χ2n) is 25.2. The number of aromatic nitrogens is 9. The molecule has 3 aromatic carbocycles. The molecule has 9 aliphatic heterocycles. The van der Waals surface area contributed by atoms with Crippen molar-refractivity contribution >= 4 is 70.6 Å². The largest absolute Gasteiger partial charge is 0.434 e. The number of imidazole rings is 1. The Labute approximate surface area is 545 Å². The number of hydrogen-bond acceptors (Lipinski definition) is 21. The first-order chi connectivity index (χ1) is 46.2. The highest BCUT2D eigenvalue weighted by Crippen LogP contribution is 2.53. The van der Waals surface area contributed by atoms with Gasteiger partial charge in [-0.3, -0.25) is 60.7 Å². The van der Waals surface area contributed by atoms with E-state index in [0.29, 0.717) is 22.8 Å². The number of rotatable bonds is 3. The Kier molecular flexibility index (Phi) is 15.8. The van der Waals surface area contributed by atoms with Crippen LogP contribution in [0.15, 0.2) is 43.2 Å². The highest BCUT2D eigenvalue weighted by molar-refractivity contribution is 6.22. The zero-order valence-corrected chi connectivity index (χ0v) is 52.1. The summed E-state index contributed by atoms with van der Waals surface area (Å²) in [5, 5.41) is 30.8. The Morgan fingerprint density at radius 2 is 0.816 bits per heavy atom. The molecule has 6 fully saturated rings. The average molecular weight is 1380 g/mol. The van der Waals surface area contributed by atoms with E-state index in [1.165, 1.54) is 33.0 Å². The molecular formula is C59H55F9N18O12. The van der Waals surface area contributed by atoms with Gasteiger partial charge in [-0.05, 0) is 93.8 Å². The molecule has 9 aliphatic rings. The van der Waals surface area contributed by atoms with Crippen LogP contribution < -0.4 is 46.6 Å². The number of tetrazole rings is 1. The van der Waals surface area contributed by atoms with Crippen LogP contribution in [0.3, 0.4) is 0 Å². The number of benzene rings is 3. The van der Waals surface area contributed by atoms with Crippen molar-refractivity contribution in [1.29, 1.82) is 0 Å². The highest BCUT2D eigenvalue weighted by atomic mass is 19.4. The summed E-state index contributed by atoms with van der Waals surface area (Å²) in [6.07, 6.45) is -5.50. The number of aryl methyl sites for hydroxylation is 1. The van der Waals surface area contributed by atoms with Gasteiger partial charge in [0.05, 0.1) is 95.7 Å². The van der Waals surface area contributed by atoms with Gasteiger partial charge < -0.3 is 33.5 Å². The molecule has 0 radical (unpaired) electrons. The quantitative estimate of drug-likeness (QED) is 0.110. The lowest BCUT2D eigenvalue weighted by molar-refractivity contribution is -0.154. The van der Waals surface area contributed by atoms with Crippen LogP contribution in [-0.4, -0.2) is 173 Å². The minimum Gasteiger partial charge on any atom is -0.372 e. The summed E-state index contributed by atoms with van der Waals surface area (Å²) < 4.78 is 151. The number of urea groups is 3. The fourth-order valence-corrected chi connectivity index (χ4v) is 15.4. The molecule has 9 atom stereocenters.